The van der Waals surface area contributed by atoms with Crippen molar-refractivity contribution in [3.63, 3.8) is 0 Å². The van der Waals surface area contributed by atoms with Crippen LogP contribution in [0.1, 0.15) is 46.5 Å². The Hall–Kier alpha value is -0.570. The molecule has 3 heteroatoms. The summed E-state index contributed by atoms with van der Waals surface area (Å²) in [5.41, 5.74) is 0. The highest BCUT2D eigenvalue weighted by atomic mass is 16.2. The molecule has 3 nitrogen and oxygen atoms in total. The van der Waals surface area contributed by atoms with Gasteiger partial charge >= 0.3 is 0 Å². The van der Waals surface area contributed by atoms with Crippen LogP contribution in [0.2, 0.25) is 0 Å². The van der Waals surface area contributed by atoms with E-state index in [1.165, 1.54) is 25.7 Å². The lowest BCUT2D eigenvalue weighted by Crippen LogP contribution is -2.44. The van der Waals surface area contributed by atoms with Crippen LogP contribution in [-0.2, 0) is 4.79 Å². The van der Waals surface area contributed by atoms with Crippen LogP contribution >= 0.6 is 0 Å². The molecule has 0 aliphatic heterocycles. The molecular weight excluding hydrogens is 200 g/mol. The number of hydrogen-bond acceptors (Lipinski definition) is 2. The maximum atomic E-state index is 12.3. The van der Waals surface area contributed by atoms with Gasteiger partial charge < -0.3 is 10.2 Å². The van der Waals surface area contributed by atoms with Gasteiger partial charge in [0.25, 0.3) is 0 Å². The van der Waals surface area contributed by atoms with Crippen molar-refractivity contribution in [2.24, 2.45) is 5.92 Å². The highest BCUT2D eigenvalue weighted by Crippen LogP contribution is 2.24. The van der Waals surface area contributed by atoms with Crippen LogP contribution in [0.5, 0.6) is 0 Å². The summed E-state index contributed by atoms with van der Waals surface area (Å²) in [5.74, 6) is 0.441. The lowest BCUT2D eigenvalue weighted by molar-refractivity contribution is -0.136. The molecule has 1 aliphatic carbocycles. The quantitative estimate of drug-likeness (QED) is 0.751. The second-order valence-corrected chi connectivity index (χ2v) is 4.77. The van der Waals surface area contributed by atoms with Crippen molar-refractivity contribution in [3.05, 3.63) is 0 Å². The smallest absolute Gasteiger partial charge is 0.226 e. The summed E-state index contributed by atoms with van der Waals surface area (Å²) < 4.78 is 0. The fraction of sp³-hybridized carbons (Fsp3) is 0.923. The van der Waals surface area contributed by atoms with E-state index in [0.29, 0.717) is 11.9 Å². The lowest BCUT2D eigenvalue weighted by atomic mass is 10.1. The highest BCUT2D eigenvalue weighted by molar-refractivity contribution is 5.79. The minimum atomic E-state index is 0.112. The fourth-order valence-corrected chi connectivity index (χ4v) is 2.54. The van der Waals surface area contributed by atoms with E-state index >= 15 is 0 Å². The number of nitrogens with zero attached hydrogens (tertiary/aromatic N) is 1. The van der Waals surface area contributed by atoms with Crippen LogP contribution in [0.25, 0.3) is 0 Å². The van der Waals surface area contributed by atoms with Gasteiger partial charge in [-0.25, -0.2) is 0 Å². The first-order valence-electron chi connectivity index (χ1n) is 6.71. The normalized spacial score (nSPS) is 18.7. The van der Waals surface area contributed by atoms with Gasteiger partial charge in [-0.2, -0.15) is 0 Å². The predicted molar refractivity (Wildman–Crippen MR) is 67.4 cm³/mol. The summed E-state index contributed by atoms with van der Waals surface area (Å²) in [5, 5.41) is 3.25. The number of amides is 1. The van der Waals surface area contributed by atoms with Gasteiger partial charge in [-0.05, 0) is 26.3 Å². The zero-order valence-electron chi connectivity index (χ0n) is 11.0. The zero-order valence-corrected chi connectivity index (χ0v) is 11.0. The van der Waals surface area contributed by atoms with Crippen LogP contribution < -0.4 is 5.32 Å². The standard InChI is InChI=1S/C13H26N2O/c1-4-14-10-11(3)13(16)15(5-2)12-8-6-7-9-12/h11-12,14H,4-10H2,1-3H3. The van der Waals surface area contributed by atoms with Crippen molar-refractivity contribution in [2.75, 3.05) is 19.6 Å². The van der Waals surface area contributed by atoms with Gasteiger partial charge in [0.05, 0.1) is 0 Å². The van der Waals surface area contributed by atoms with E-state index in [4.69, 9.17) is 0 Å². The fourth-order valence-electron chi connectivity index (χ4n) is 2.54. The molecule has 0 aromatic heterocycles. The molecule has 1 fully saturated rings. The van der Waals surface area contributed by atoms with Crippen molar-refractivity contribution < 1.29 is 4.79 Å². The van der Waals surface area contributed by atoms with E-state index in [1.54, 1.807) is 0 Å². The van der Waals surface area contributed by atoms with Crippen LogP contribution in [0, 0.1) is 5.92 Å². The van der Waals surface area contributed by atoms with E-state index in [9.17, 15) is 4.79 Å². The molecule has 0 aromatic carbocycles. The Morgan fingerprint density at radius 3 is 2.50 bits per heavy atom. The van der Waals surface area contributed by atoms with E-state index in [2.05, 4.69) is 24.1 Å². The molecule has 0 aromatic rings. The largest absolute Gasteiger partial charge is 0.340 e. The Labute approximate surface area is 99.6 Å². The van der Waals surface area contributed by atoms with Crippen molar-refractivity contribution >= 4 is 5.91 Å². The molecule has 0 saturated heterocycles. The third kappa shape index (κ3) is 3.48. The summed E-state index contributed by atoms with van der Waals surface area (Å²) in [7, 11) is 0. The Morgan fingerprint density at radius 2 is 2.00 bits per heavy atom. The van der Waals surface area contributed by atoms with Crippen molar-refractivity contribution in [1.82, 2.24) is 10.2 Å². The Kier molecular flexibility index (Phi) is 5.81. The SMILES string of the molecule is CCNCC(C)C(=O)N(CC)C1CCCC1. The van der Waals surface area contributed by atoms with E-state index in [-0.39, 0.29) is 5.92 Å². The number of carbonyl (C=O) groups excluding carboxylic acids is 1. The van der Waals surface area contributed by atoms with Crippen LogP contribution in [0.15, 0.2) is 0 Å². The molecule has 1 aliphatic rings. The molecular formula is C13H26N2O. The molecule has 0 heterocycles. The van der Waals surface area contributed by atoms with Crippen LogP contribution in [0.3, 0.4) is 0 Å². The molecule has 1 N–H and O–H groups in total. The number of carbonyl (C=O) groups is 1. The third-order valence-electron chi connectivity index (χ3n) is 3.51. The minimum Gasteiger partial charge on any atom is -0.340 e. The minimum absolute atomic E-state index is 0.112. The maximum Gasteiger partial charge on any atom is 0.226 e. The molecule has 0 radical (unpaired) electrons. The second kappa shape index (κ2) is 6.89. The highest BCUT2D eigenvalue weighted by Gasteiger charge is 2.27. The van der Waals surface area contributed by atoms with Crippen molar-refractivity contribution in [2.45, 2.75) is 52.5 Å². The topological polar surface area (TPSA) is 32.3 Å². The van der Waals surface area contributed by atoms with E-state index in [1.807, 2.05) is 6.92 Å². The molecule has 0 spiro atoms. The average Bonchev–Trinajstić information content (AvgIpc) is 2.80. The molecule has 1 rings (SSSR count). The Balaban J connectivity index is 2.47. The van der Waals surface area contributed by atoms with Gasteiger partial charge in [0.15, 0.2) is 0 Å². The van der Waals surface area contributed by atoms with E-state index < -0.39 is 0 Å². The number of rotatable bonds is 6. The second-order valence-electron chi connectivity index (χ2n) is 4.77. The van der Waals surface area contributed by atoms with Gasteiger partial charge in [-0.1, -0.05) is 26.7 Å². The van der Waals surface area contributed by atoms with Gasteiger partial charge in [0.2, 0.25) is 5.91 Å². The predicted octanol–water partition coefficient (Wildman–Crippen LogP) is 2.02. The summed E-state index contributed by atoms with van der Waals surface area (Å²) in [6.45, 7) is 8.80. The first-order valence-corrected chi connectivity index (χ1v) is 6.71. The first kappa shape index (κ1) is 13.5. The first-order chi connectivity index (χ1) is 7.70. The summed E-state index contributed by atoms with van der Waals surface area (Å²) in [6, 6.07) is 0.515. The molecule has 0 bridgehead atoms. The summed E-state index contributed by atoms with van der Waals surface area (Å²) in [4.78, 5) is 14.3. The van der Waals surface area contributed by atoms with Gasteiger partial charge in [0, 0.05) is 25.0 Å². The Morgan fingerprint density at radius 1 is 1.38 bits per heavy atom. The van der Waals surface area contributed by atoms with Crippen molar-refractivity contribution in [3.8, 4) is 0 Å². The van der Waals surface area contributed by atoms with Gasteiger partial charge in [-0.3, -0.25) is 4.79 Å². The molecule has 1 atom stereocenters. The van der Waals surface area contributed by atoms with E-state index in [0.717, 1.165) is 19.6 Å². The average molecular weight is 226 g/mol. The van der Waals surface area contributed by atoms with Gasteiger partial charge in [0.1, 0.15) is 0 Å². The van der Waals surface area contributed by atoms with Crippen LogP contribution in [-0.4, -0.2) is 36.5 Å². The zero-order chi connectivity index (χ0) is 12.0. The summed E-state index contributed by atoms with van der Waals surface area (Å²) >= 11 is 0. The van der Waals surface area contributed by atoms with Crippen LogP contribution in [0.4, 0.5) is 0 Å². The Bertz CT molecular complexity index is 212. The summed E-state index contributed by atoms with van der Waals surface area (Å²) in [6.07, 6.45) is 4.98. The molecule has 1 amide bonds. The molecule has 1 unspecified atom stereocenters. The lowest BCUT2D eigenvalue weighted by Gasteiger charge is -2.30. The number of hydrogen-bond donors (Lipinski definition) is 1. The monoisotopic (exact) mass is 226 g/mol. The van der Waals surface area contributed by atoms with Crippen molar-refractivity contribution in [1.29, 1.82) is 0 Å². The molecule has 94 valence electrons. The third-order valence-corrected chi connectivity index (χ3v) is 3.51. The number of nitrogens with one attached hydrogen (secondary N) is 1. The molecule has 1 saturated carbocycles. The molecule has 16 heavy (non-hydrogen) atoms. The van der Waals surface area contributed by atoms with Gasteiger partial charge in [-0.15, -0.1) is 0 Å². The maximum absolute atomic E-state index is 12.3.